The van der Waals surface area contributed by atoms with Crippen LogP contribution in [-0.2, 0) is 15.6 Å². The number of hydrogen-bond donors (Lipinski definition) is 1. The van der Waals surface area contributed by atoms with Gasteiger partial charge in [0.05, 0.1) is 5.56 Å². The van der Waals surface area contributed by atoms with Crippen molar-refractivity contribution in [3.8, 4) is 0 Å². The van der Waals surface area contributed by atoms with Gasteiger partial charge in [-0.05, 0) is 71.2 Å². The third-order valence-electron chi connectivity index (χ3n) is 5.80. The Bertz CT molecular complexity index is 916. The average molecular weight is 458 g/mol. The number of fused-ring (bicyclic) bond motifs is 1. The van der Waals surface area contributed by atoms with E-state index in [2.05, 4.69) is 61.1 Å². The zero-order chi connectivity index (χ0) is 21.2. The average Bonchev–Trinajstić information content (AvgIpc) is 2.70. The lowest BCUT2D eigenvalue weighted by Gasteiger charge is -2.42. The van der Waals surface area contributed by atoms with Gasteiger partial charge in [0.25, 0.3) is 5.91 Å². The molecular formula is C24H28BrNO3. The molecule has 1 N–H and O–H groups in total. The van der Waals surface area contributed by atoms with E-state index in [-0.39, 0.29) is 16.7 Å². The summed E-state index contributed by atoms with van der Waals surface area (Å²) in [5.74, 6) is -0.589. The molecule has 5 heteroatoms. The van der Waals surface area contributed by atoms with E-state index >= 15 is 0 Å². The molecular weight excluding hydrogens is 430 g/mol. The van der Waals surface area contributed by atoms with Gasteiger partial charge in [0, 0.05) is 16.6 Å². The van der Waals surface area contributed by atoms with Gasteiger partial charge in [-0.1, -0.05) is 49.7 Å². The van der Waals surface area contributed by atoms with Crippen molar-refractivity contribution < 1.29 is 14.3 Å². The Morgan fingerprint density at radius 3 is 2.14 bits per heavy atom. The summed E-state index contributed by atoms with van der Waals surface area (Å²) in [6.07, 6.45) is 2.28. The van der Waals surface area contributed by atoms with Crippen molar-refractivity contribution in [3.05, 3.63) is 64.7 Å². The molecule has 3 rings (SSSR count). The van der Waals surface area contributed by atoms with E-state index in [9.17, 15) is 9.59 Å². The number of esters is 1. The van der Waals surface area contributed by atoms with Crippen molar-refractivity contribution in [1.29, 1.82) is 0 Å². The first kappa shape index (κ1) is 21.6. The van der Waals surface area contributed by atoms with Crippen LogP contribution in [0, 0.1) is 0 Å². The molecule has 0 aromatic heterocycles. The fourth-order valence-corrected chi connectivity index (χ4v) is 4.00. The zero-order valence-electron chi connectivity index (χ0n) is 17.5. The van der Waals surface area contributed by atoms with Crippen molar-refractivity contribution in [2.45, 2.75) is 51.4 Å². The molecule has 0 fully saturated rings. The normalized spacial score (nSPS) is 16.6. The number of ether oxygens (including phenoxy) is 1. The van der Waals surface area contributed by atoms with Crippen LogP contribution in [0.25, 0.3) is 0 Å². The third-order valence-corrected chi connectivity index (χ3v) is 6.13. The molecule has 0 bridgehead atoms. The van der Waals surface area contributed by atoms with Gasteiger partial charge in [0.2, 0.25) is 0 Å². The van der Waals surface area contributed by atoms with Crippen molar-refractivity contribution in [2.24, 2.45) is 0 Å². The molecule has 154 valence electrons. The summed E-state index contributed by atoms with van der Waals surface area (Å²) in [4.78, 5) is 24.6. The van der Waals surface area contributed by atoms with E-state index < -0.39 is 5.97 Å². The maximum Gasteiger partial charge on any atom is 0.338 e. The van der Waals surface area contributed by atoms with E-state index in [0.29, 0.717) is 23.1 Å². The Morgan fingerprint density at radius 2 is 1.52 bits per heavy atom. The van der Waals surface area contributed by atoms with Crippen LogP contribution in [0.2, 0.25) is 0 Å². The summed E-state index contributed by atoms with van der Waals surface area (Å²) in [5, 5.41) is 3.59. The third kappa shape index (κ3) is 4.72. The van der Waals surface area contributed by atoms with E-state index in [1.165, 1.54) is 11.1 Å². The summed E-state index contributed by atoms with van der Waals surface area (Å²) < 4.78 is 5.08. The highest BCUT2D eigenvalue weighted by Crippen LogP contribution is 2.46. The van der Waals surface area contributed by atoms with Crippen LogP contribution in [0.15, 0.2) is 42.5 Å². The Morgan fingerprint density at radius 1 is 0.931 bits per heavy atom. The Balaban J connectivity index is 1.77. The van der Waals surface area contributed by atoms with Crippen LogP contribution < -0.4 is 5.32 Å². The highest BCUT2D eigenvalue weighted by Gasteiger charge is 2.37. The molecule has 1 aliphatic carbocycles. The fourth-order valence-electron chi connectivity index (χ4n) is 3.84. The highest BCUT2D eigenvalue weighted by atomic mass is 79.9. The van der Waals surface area contributed by atoms with Gasteiger partial charge >= 0.3 is 5.97 Å². The van der Waals surface area contributed by atoms with Crippen LogP contribution in [0.4, 0.5) is 5.69 Å². The lowest BCUT2D eigenvalue weighted by molar-refractivity contribution is 0.0531. The highest BCUT2D eigenvalue weighted by molar-refractivity contribution is 9.09. The van der Waals surface area contributed by atoms with Gasteiger partial charge in [-0.3, -0.25) is 4.79 Å². The predicted molar refractivity (Wildman–Crippen MR) is 120 cm³/mol. The second kappa shape index (κ2) is 8.31. The Labute approximate surface area is 181 Å². The first-order chi connectivity index (χ1) is 13.6. The SMILES string of the molecule is CC1(C)CCC(C)(C)c2cc(NC(=O)c3ccc(C(=O)OCCBr)cc3)ccc21. The number of anilines is 1. The minimum Gasteiger partial charge on any atom is -0.461 e. The van der Waals surface area contributed by atoms with Crippen LogP contribution in [0.1, 0.15) is 72.4 Å². The standard InChI is InChI=1S/C24H28BrNO3/c1-23(2)11-12-24(3,4)20-15-18(9-10-19(20)23)26-21(27)16-5-7-17(8-6-16)22(28)29-14-13-25/h5-10,15H,11-14H2,1-4H3,(H,26,27). The lowest BCUT2D eigenvalue weighted by atomic mass is 9.63. The second-order valence-corrected chi connectivity index (χ2v) is 9.68. The van der Waals surface area contributed by atoms with Crippen molar-refractivity contribution >= 4 is 33.5 Å². The molecule has 0 spiro atoms. The van der Waals surface area contributed by atoms with E-state index in [0.717, 1.165) is 18.5 Å². The van der Waals surface area contributed by atoms with Crippen LogP contribution in [0.5, 0.6) is 0 Å². The summed E-state index contributed by atoms with van der Waals surface area (Å²) in [6, 6.07) is 12.8. The predicted octanol–water partition coefficient (Wildman–Crippen LogP) is 5.84. The summed E-state index contributed by atoms with van der Waals surface area (Å²) in [6.45, 7) is 9.40. The number of carbonyl (C=O) groups excluding carboxylic acids is 2. The summed E-state index contributed by atoms with van der Waals surface area (Å²) in [7, 11) is 0. The summed E-state index contributed by atoms with van der Waals surface area (Å²) in [5.41, 5.74) is 4.62. The molecule has 4 nitrogen and oxygen atoms in total. The lowest BCUT2D eigenvalue weighted by Crippen LogP contribution is -2.33. The molecule has 2 aromatic carbocycles. The van der Waals surface area contributed by atoms with Crippen molar-refractivity contribution in [1.82, 2.24) is 0 Å². The van der Waals surface area contributed by atoms with Gasteiger partial charge < -0.3 is 10.1 Å². The van der Waals surface area contributed by atoms with Crippen molar-refractivity contribution in [3.63, 3.8) is 0 Å². The molecule has 1 amide bonds. The topological polar surface area (TPSA) is 55.4 Å². The monoisotopic (exact) mass is 457 g/mol. The second-order valence-electron chi connectivity index (χ2n) is 8.88. The smallest absolute Gasteiger partial charge is 0.338 e. The fraction of sp³-hybridized carbons (Fsp3) is 0.417. The zero-order valence-corrected chi connectivity index (χ0v) is 19.1. The van der Waals surface area contributed by atoms with Crippen LogP contribution in [-0.4, -0.2) is 23.8 Å². The van der Waals surface area contributed by atoms with E-state index in [4.69, 9.17) is 4.74 Å². The molecule has 0 atom stereocenters. The molecule has 0 saturated heterocycles. The van der Waals surface area contributed by atoms with Crippen LogP contribution >= 0.6 is 15.9 Å². The molecule has 0 radical (unpaired) electrons. The molecule has 29 heavy (non-hydrogen) atoms. The van der Waals surface area contributed by atoms with Crippen LogP contribution in [0.3, 0.4) is 0 Å². The number of carbonyl (C=O) groups is 2. The minimum absolute atomic E-state index is 0.0860. The number of nitrogens with one attached hydrogen (secondary N) is 1. The molecule has 0 unspecified atom stereocenters. The van der Waals surface area contributed by atoms with Gasteiger partial charge in [-0.2, -0.15) is 0 Å². The Kier molecular flexibility index (Phi) is 6.18. The van der Waals surface area contributed by atoms with Gasteiger partial charge in [-0.15, -0.1) is 0 Å². The van der Waals surface area contributed by atoms with E-state index in [1.54, 1.807) is 24.3 Å². The first-order valence-corrected chi connectivity index (χ1v) is 11.1. The molecule has 1 aliphatic rings. The largest absolute Gasteiger partial charge is 0.461 e. The molecule has 0 aliphatic heterocycles. The number of halogens is 1. The van der Waals surface area contributed by atoms with Gasteiger partial charge in [0.1, 0.15) is 6.61 Å². The number of benzene rings is 2. The number of hydrogen-bond acceptors (Lipinski definition) is 3. The van der Waals surface area contributed by atoms with Gasteiger partial charge in [-0.25, -0.2) is 4.79 Å². The van der Waals surface area contributed by atoms with E-state index in [1.807, 2.05) is 6.07 Å². The molecule has 2 aromatic rings. The van der Waals surface area contributed by atoms with Gasteiger partial charge in [0.15, 0.2) is 0 Å². The first-order valence-electron chi connectivity index (χ1n) is 9.93. The molecule has 0 heterocycles. The summed E-state index contributed by atoms with van der Waals surface area (Å²) >= 11 is 3.22. The van der Waals surface area contributed by atoms with Crippen molar-refractivity contribution in [2.75, 3.05) is 17.3 Å². The number of rotatable bonds is 5. The minimum atomic E-state index is -0.393. The maximum atomic E-state index is 12.7. The number of alkyl halides is 1. The Hall–Kier alpha value is -2.14. The molecule has 0 saturated carbocycles. The maximum absolute atomic E-state index is 12.7. The quantitative estimate of drug-likeness (QED) is 0.453. The number of amides is 1.